The van der Waals surface area contributed by atoms with Crippen LogP contribution in [-0.4, -0.2) is 21.9 Å². The molecule has 0 amide bonds. The second kappa shape index (κ2) is 8.69. The Labute approximate surface area is 201 Å². The van der Waals surface area contributed by atoms with Crippen LogP contribution < -0.4 is 0 Å². The summed E-state index contributed by atoms with van der Waals surface area (Å²) in [4.78, 5) is 16.1. The minimum absolute atomic E-state index is 0.0754. The van der Waals surface area contributed by atoms with Crippen LogP contribution >= 0.6 is 11.6 Å². The Balaban J connectivity index is 1.41. The van der Waals surface area contributed by atoms with Crippen LogP contribution in [0.3, 0.4) is 0 Å². The first-order valence-electron chi connectivity index (χ1n) is 10.8. The summed E-state index contributed by atoms with van der Waals surface area (Å²) < 4.78 is 7.94. The number of para-hydroxylation sites is 1. The van der Waals surface area contributed by atoms with Crippen LogP contribution in [0.1, 0.15) is 27.3 Å². The number of aryl methyl sites for hydroxylation is 1. The van der Waals surface area contributed by atoms with Crippen LogP contribution in [0.5, 0.6) is 0 Å². The average Bonchev–Trinajstić information content (AvgIpc) is 3.39. The van der Waals surface area contributed by atoms with Gasteiger partial charge < -0.3 is 14.1 Å². The molecule has 0 saturated carbocycles. The Bertz CT molecular complexity index is 1530. The lowest BCUT2D eigenvalue weighted by Gasteiger charge is -2.11. The van der Waals surface area contributed by atoms with Crippen molar-refractivity contribution >= 4 is 40.4 Å². The van der Waals surface area contributed by atoms with E-state index in [1.165, 1.54) is 0 Å². The van der Waals surface area contributed by atoms with Gasteiger partial charge in [-0.2, -0.15) is 0 Å². The molecular weight excluding hydrogens is 448 g/mol. The third-order valence-electron chi connectivity index (χ3n) is 5.84. The van der Waals surface area contributed by atoms with E-state index in [1.54, 1.807) is 12.1 Å². The first-order chi connectivity index (χ1) is 16.4. The van der Waals surface area contributed by atoms with Gasteiger partial charge in [0, 0.05) is 39.8 Å². The highest BCUT2D eigenvalue weighted by molar-refractivity contribution is 6.33. The minimum Gasteiger partial charge on any atom is -0.478 e. The van der Waals surface area contributed by atoms with Crippen molar-refractivity contribution in [1.82, 2.24) is 4.57 Å². The molecule has 5 aromatic rings. The van der Waals surface area contributed by atoms with Crippen molar-refractivity contribution in [3.63, 3.8) is 0 Å². The highest BCUT2D eigenvalue weighted by Gasteiger charge is 2.14. The van der Waals surface area contributed by atoms with E-state index in [2.05, 4.69) is 4.99 Å². The summed E-state index contributed by atoms with van der Waals surface area (Å²) in [7, 11) is 0. The molecule has 0 aliphatic carbocycles. The van der Waals surface area contributed by atoms with E-state index >= 15 is 0 Å². The average molecular weight is 469 g/mol. The Morgan fingerprint density at radius 3 is 2.50 bits per heavy atom. The van der Waals surface area contributed by atoms with Gasteiger partial charge in [-0.25, -0.2) is 4.79 Å². The molecule has 0 bridgehead atoms. The van der Waals surface area contributed by atoms with Crippen LogP contribution in [0, 0.1) is 13.8 Å². The number of aromatic nitrogens is 1. The highest BCUT2D eigenvalue weighted by Crippen LogP contribution is 2.29. The number of furan rings is 1. The molecule has 0 aliphatic rings. The van der Waals surface area contributed by atoms with Crippen molar-refractivity contribution in [2.24, 2.45) is 4.99 Å². The summed E-state index contributed by atoms with van der Waals surface area (Å²) in [5.74, 6) is -0.230. The number of hydrogen-bond donors (Lipinski definition) is 1. The monoisotopic (exact) mass is 468 g/mol. The first kappa shape index (κ1) is 21.7. The van der Waals surface area contributed by atoms with Crippen molar-refractivity contribution in [3.8, 4) is 17.0 Å². The van der Waals surface area contributed by atoms with E-state index in [9.17, 15) is 9.90 Å². The van der Waals surface area contributed by atoms with Crippen molar-refractivity contribution in [2.45, 2.75) is 13.8 Å². The number of hydrogen-bond acceptors (Lipinski definition) is 3. The van der Waals surface area contributed by atoms with Crippen LogP contribution in [0.2, 0.25) is 5.02 Å². The molecule has 168 valence electrons. The second-order valence-corrected chi connectivity index (χ2v) is 8.49. The summed E-state index contributed by atoms with van der Waals surface area (Å²) in [5.41, 5.74) is 6.38. The number of rotatable bonds is 5. The molecule has 0 radical (unpaired) electrons. The Morgan fingerprint density at radius 1 is 1.00 bits per heavy atom. The summed E-state index contributed by atoms with van der Waals surface area (Å²) in [5, 5.41) is 10.7. The number of benzene rings is 3. The predicted octanol–water partition coefficient (Wildman–Crippen LogP) is 7.61. The van der Waals surface area contributed by atoms with E-state index in [-0.39, 0.29) is 10.6 Å². The maximum atomic E-state index is 11.5. The largest absolute Gasteiger partial charge is 0.478 e. The van der Waals surface area contributed by atoms with E-state index < -0.39 is 5.97 Å². The number of carbonyl (C=O) groups is 1. The predicted molar refractivity (Wildman–Crippen MR) is 136 cm³/mol. The molecule has 0 unspecified atom stereocenters. The number of nitrogens with zero attached hydrogens (tertiary/aromatic N) is 2. The molecule has 3 aromatic carbocycles. The zero-order valence-electron chi connectivity index (χ0n) is 18.6. The Kier molecular flexibility index (Phi) is 5.56. The number of fused-ring (bicyclic) bond motifs is 1. The van der Waals surface area contributed by atoms with E-state index in [4.69, 9.17) is 16.0 Å². The van der Waals surface area contributed by atoms with Crippen LogP contribution in [0.25, 0.3) is 28.0 Å². The lowest BCUT2D eigenvalue weighted by Crippen LogP contribution is -2.03. The van der Waals surface area contributed by atoms with Gasteiger partial charge in [0.2, 0.25) is 0 Å². The Hall–Kier alpha value is -4.09. The van der Waals surface area contributed by atoms with Gasteiger partial charge in [0.25, 0.3) is 0 Å². The molecule has 5 rings (SSSR count). The van der Waals surface area contributed by atoms with Crippen molar-refractivity contribution in [2.75, 3.05) is 0 Å². The molecular formula is C28H21ClN2O3. The molecule has 34 heavy (non-hydrogen) atoms. The molecule has 2 heterocycles. The van der Waals surface area contributed by atoms with Gasteiger partial charge in [-0.05, 0) is 74.5 Å². The van der Waals surface area contributed by atoms with Gasteiger partial charge in [-0.15, -0.1) is 0 Å². The van der Waals surface area contributed by atoms with Crippen molar-refractivity contribution in [1.29, 1.82) is 0 Å². The highest BCUT2D eigenvalue weighted by atomic mass is 35.5. The van der Waals surface area contributed by atoms with E-state index in [0.29, 0.717) is 0 Å². The quantitative estimate of drug-likeness (QED) is 0.270. The second-order valence-electron chi connectivity index (χ2n) is 8.08. The first-order valence-corrected chi connectivity index (χ1v) is 11.1. The van der Waals surface area contributed by atoms with E-state index in [0.717, 1.165) is 50.6 Å². The molecule has 6 heteroatoms. The van der Waals surface area contributed by atoms with Gasteiger partial charge in [0.05, 0.1) is 16.3 Å². The maximum Gasteiger partial charge on any atom is 0.337 e. The summed E-state index contributed by atoms with van der Waals surface area (Å²) >= 11 is 6.03. The number of halogens is 1. The van der Waals surface area contributed by atoms with Gasteiger partial charge in [-0.1, -0.05) is 29.8 Å². The SMILES string of the molecule is Cc1cc(C=Nc2ccc(-c3cc4ccccc4o3)cc2)c(C)n1-c1ccc(Cl)c(C(=O)O)c1. The molecule has 0 saturated heterocycles. The fourth-order valence-electron chi connectivity index (χ4n) is 4.11. The van der Waals surface area contributed by atoms with Gasteiger partial charge in [-0.3, -0.25) is 4.99 Å². The molecule has 0 fully saturated rings. The van der Waals surface area contributed by atoms with Crippen LogP contribution in [0.4, 0.5) is 5.69 Å². The normalized spacial score (nSPS) is 11.5. The lowest BCUT2D eigenvalue weighted by atomic mass is 10.1. The maximum absolute atomic E-state index is 11.5. The molecule has 5 nitrogen and oxygen atoms in total. The fourth-order valence-corrected chi connectivity index (χ4v) is 4.31. The topological polar surface area (TPSA) is 67.7 Å². The number of aliphatic imine (C=N–C) groups is 1. The summed E-state index contributed by atoms with van der Waals surface area (Å²) in [6.45, 7) is 3.95. The van der Waals surface area contributed by atoms with Gasteiger partial charge in [0.15, 0.2) is 0 Å². The summed E-state index contributed by atoms with van der Waals surface area (Å²) in [6.07, 6.45) is 1.82. The molecule has 1 N–H and O–H groups in total. The van der Waals surface area contributed by atoms with E-state index in [1.807, 2.05) is 91.4 Å². The van der Waals surface area contributed by atoms with Crippen molar-refractivity contribution in [3.05, 3.63) is 106 Å². The zero-order chi connectivity index (χ0) is 23.8. The number of carboxylic acid groups (broad SMARTS) is 1. The fraction of sp³-hybridized carbons (Fsp3) is 0.0714. The standard InChI is InChI=1S/C28H21ClN2O3/c1-17-13-21(18(2)31(17)23-11-12-25(29)24(15-23)28(32)33)16-30-22-9-7-19(8-10-22)27-14-20-5-3-4-6-26(20)34-27/h3-16H,1-2H3,(H,32,33). The van der Waals surface area contributed by atoms with Crippen LogP contribution in [0.15, 0.2) is 88.3 Å². The molecule has 0 spiro atoms. The summed E-state index contributed by atoms with van der Waals surface area (Å²) in [6, 6.07) is 24.9. The zero-order valence-corrected chi connectivity index (χ0v) is 19.4. The Morgan fingerprint density at radius 2 is 1.76 bits per heavy atom. The lowest BCUT2D eigenvalue weighted by molar-refractivity contribution is 0.0697. The molecule has 0 aliphatic heterocycles. The third-order valence-corrected chi connectivity index (χ3v) is 6.17. The van der Waals surface area contributed by atoms with Gasteiger partial charge >= 0.3 is 5.97 Å². The minimum atomic E-state index is -1.05. The molecule has 2 aromatic heterocycles. The molecule has 0 atom stereocenters. The third kappa shape index (κ3) is 4.02. The van der Waals surface area contributed by atoms with Gasteiger partial charge in [0.1, 0.15) is 11.3 Å². The number of aromatic carboxylic acids is 1. The van der Waals surface area contributed by atoms with Crippen molar-refractivity contribution < 1.29 is 14.3 Å². The van der Waals surface area contributed by atoms with Crippen LogP contribution in [-0.2, 0) is 0 Å². The smallest absolute Gasteiger partial charge is 0.337 e. The number of carboxylic acids is 1.